The Morgan fingerprint density at radius 1 is 1.03 bits per heavy atom. The SMILES string of the molecule is Cc1ccc(-n2nc(C)c(C(=O)NCc3cccc(CN4CCOCC4)c3)n2)c(C)c1. The predicted octanol–water partition coefficient (Wildman–Crippen LogP) is 2.95. The van der Waals surface area contributed by atoms with Crippen LogP contribution in [0.4, 0.5) is 0 Å². The normalized spacial score (nSPS) is 14.5. The number of nitrogens with zero attached hydrogens (tertiary/aromatic N) is 4. The topological polar surface area (TPSA) is 72.3 Å². The van der Waals surface area contributed by atoms with Crippen molar-refractivity contribution in [3.8, 4) is 5.69 Å². The van der Waals surface area contributed by atoms with Gasteiger partial charge in [-0.2, -0.15) is 9.90 Å². The zero-order valence-electron chi connectivity index (χ0n) is 18.4. The predicted molar refractivity (Wildman–Crippen MR) is 119 cm³/mol. The lowest BCUT2D eigenvalue weighted by Gasteiger charge is -2.26. The number of nitrogens with one attached hydrogen (secondary N) is 1. The molecule has 4 rings (SSSR count). The monoisotopic (exact) mass is 419 g/mol. The molecule has 1 fully saturated rings. The van der Waals surface area contributed by atoms with Gasteiger partial charge in [0.05, 0.1) is 24.6 Å². The smallest absolute Gasteiger partial charge is 0.274 e. The quantitative estimate of drug-likeness (QED) is 0.665. The summed E-state index contributed by atoms with van der Waals surface area (Å²) in [7, 11) is 0. The number of aromatic nitrogens is 3. The molecule has 0 aliphatic carbocycles. The lowest BCUT2D eigenvalue weighted by Crippen LogP contribution is -2.35. The summed E-state index contributed by atoms with van der Waals surface area (Å²) >= 11 is 0. The minimum absolute atomic E-state index is 0.216. The van der Waals surface area contributed by atoms with E-state index in [1.807, 2.05) is 45.0 Å². The van der Waals surface area contributed by atoms with Crippen LogP contribution in [-0.2, 0) is 17.8 Å². The number of ether oxygens (including phenoxy) is 1. The lowest BCUT2D eigenvalue weighted by molar-refractivity contribution is 0.0342. The third kappa shape index (κ3) is 5.18. The van der Waals surface area contributed by atoms with Gasteiger partial charge in [0.2, 0.25) is 0 Å². The van der Waals surface area contributed by atoms with Crippen molar-refractivity contribution in [2.75, 3.05) is 26.3 Å². The molecule has 2 heterocycles. The van der Waals surface area contributed by atoms with Gasteiger partial charge in [0.1, 0.15) is 0 Å². The number of rotatable bonds is 6. The Bertz CT molecular complexity index is 1070. The van der Waals surface area contributed by atoms with E-state index in [0.717, 1.165) is 49.7 Å². The Kier molecular flexibility index (Phi) is 6.44. The van der Waals surface area contributed by atoms with Gasteiger partial charge in [-0.3, -0.25) is 9.69 Å². The van der Waals surface area contributed by atoms with Crippen LogP contribution < -0.4 is 5.32 Å². The first-order valence-corrected chi connectivity index (χ1v) is 10.7. The van der Waals surface area contributed by atoms with Gasteiger partial charge in [-0.15, -0.1) is 5.10 Å². The zero-order valence-corrected chi connectivity index (χ0v) is 18.4. The summed E-state index contributed by atoms with van der Waals surface area (Å²) in [5.74, 6) is -0.216. The average Bonchev–Trinajstić information content (AvgIpc) is 3.14. The number of morpholine rings is 1. The molecule has 0 bridgehead atoms. The first-order chi connectivity index (χ1) is 15.0. The number of hydrogen-bond donors (Lipinski definition) is 1. The van der Waals surface area contributed by atoms with Crippen LogP contribution in [0.25, 0.3) is 5.69 Å². The molecule has 3 aromatic rings. The molecular weight excluding hydrogens is 390 g/mol. The van der Waals surface area contributed by atoms with Crippen molar-refractivity contribution in [3.63, 3.8) is 0 Å². The van der Waals surface area contributed by atoms with Gasteiger partial charge in [-0.05, 0) is 43.5 Å². The van der Waals surface area contributed by atoms with Crippen molar-refractivity contribution in [3.05, 3.63) is 76.1 Å². The molecule has 1 aliphatic rings. The molecule has 1 N–H and O–H groups in total. The lowest BCUT2D eigenvalue weighted by atomic mass is 10.1. The zero-order chi connectivity index (χ0) is 21.8. The summed E-state index contributed by atoms with van der Waals surface area (Å²) in [6.07, 6.45) is 0. The van der Waals surface area contributed by atoms with Crippen molar-refractivity contribution in [2.24, 2.45) is 0 Å². The number of carbonyl (C=O) groups is 1. The Morgan fingerprint density at radius 3 is 2.58 bits per heavy atom. The van der Waals surface area contributed by atoms with E-state index in [0.29, 0.717) is 17.9 Å². The Morgan fingerprint density at radius 2 is 1.81 bits per heavy atom. The van der Waals surface area contributed by atoms with Crippen LogP contribution in [0.3, 0.4) is 0 Å². The number of hydrogen-bond acceptors (Lipinski definition) is 5. The maximum atomic E-state index is 12.8. The second-order valence-electron chi connectivity index (χ2n) is 8.10. The van der Waals surface area contributed by atoms with Gasteiger partial charge in [0, 0.05) is 26.2 Å². The summed E-state index contributed by atoms with van der Waals surface area (Å²) in [6.45, 7) is 10.7. The van der Waals surface area contributed by atoms with Crippen LogP contribution in [0.1, 0.15) is 38.4 Å². The van der Waals surface area contributed by atoms with Gasteiger partial charge in [0.15, 0.2) is 5.69 Å². The van der Waals surface area contributed by atoms with Crippen molar-refractivity contribution < 1.29 is 9.53 Å². The molecule has 1 aliphatic heterocycles. The highest BCUT2D eigenvalue weighted by molar-refractivity contribution is 5.93. The fraction of sp³-hybridized carbons (Fsp3) is 0.375. The van der Waals surface area contributed by atoms with E-state index in [9.17, 15) is 4.79 Å². The fourth-order valence-electron chi connectivity index (χ4n) is 3.85. The van der Waals surface area contributed by atoms with E-state index in [2.05, 4.69) is 38.6 Å². The minimum atomic E-state index is -0.216. The van der Waals surface area contributed by atoms with E-state index < -0.39 is 0 Å². The highest BCUT2D eigenvalue weighted by Crippen LogP contribution is 2.16. The second-order valence-corrected chi connectivity index (χ2v) is 8.10. The molecule has 1 aromatic heterocycles. The fourth-order valence-corrected chi connectivity index (χ4v) is 3.85. The van der Waals surface area contributed by atoms with Crippen LogP contribution >= 0.6 is 0 Å². The number of amides is 1. The maximum absolute atomic E-state index is 12.8. The highest BCUT2D eigenvalue weighted by Gasteiger charge is 2.17. The molecule has 31 heavy (non-hydrogen) atoms. The molecule has 0 radical (unpaired) electrons. The summed E-state index contributed by atoms with van der Waals surface area (Å²) in [4.78, 5) is 16.7. The van der Waals surface area contributed by atoms with E-state index >= 15 is 0 Å². The van der Waals surface area contributed by atoms with Crippen molar-refractivity contribution in [1.29, 1.82) is 0 Å². The first-order valence-electron chi connectivity index (χ1n) is 10.7. The van der Waals surface area contributed by atoms with Crippen LogP contribution in [0, 0.1) is 20.8 Å². The van der Waals surface area contributed by atoms with E-state index in [-0.39, 0.29) is 5.91 Å². The van der Waals surface area contributed by atoms with Crippen LogP contribution in [0.15, 0.2) is 42.5 Å². The Labute approximate surface area is 183 Å². The number of benzene rings is 2. The van der Waals surface area contributed by atoms with Crippen LogP contribution in [-0.4, -0.2) is 52.1 Å². The first kappa shape index (κ1) is 21.2. The number of carbonyl (C=O) groups excluding carboxylic acids is 1. The molecule has 1 saturated heterocycles. The standard InChI is InChI=1S/C24H29N5O2/c1-17-7-8-22(18(2)13-17)29-26-19(3)23(27-29)24(30)25-15-20-5-4-6-21(14-20)16-28-9-11-31-12-10-28/h4-8,13-14H,9-12,15-16H2,1-3H3,(H,25,30). The molecule has 0 unspecified atom stereocenters. The van der Waals surface area contributed by atoms with Crippen LogP contribution in [0.5, 0.6) is 0 Å². The molecule has 162 valence electrons. The summed E-state index contributed by atoms with van der Waals surface area (Å²) < 4.78 is 5.42. The van der Waals surface area contributed by atoms with Gasteiger partial charge in [-0.25, -0.2) is 0 Å². The molecule has 7 heteroatoms. The summed E-state index contributed by atoms with van der Waals surface area (Å²) in [6, 6.07) is 14.4. The van der Waals surface area contributed by atoms with Gasteiger partial charge < -0.3 is 10.1 Å². The molecule has 0 saturated carbocycles. The number of aryl methyl sites for hydroxylation is 3. The Balaban J connectivity index is 1.41. The van der Waals surface area contributed by atoms with Gasteiger partial charge in [0.25, 0.3) is 5.91 Å². The third-order valence-electron chi connectivity index (χ3n) is 5.52. The molecule has 0 spiro atoms. The molecule has 0 atom stereocenters. The van der Waals surface area contributed by atoms with Gasteiger partial charge in [-0.1, -0.05) is 42.0 Å². The van der Waals surface area contributed by atoms with Crippen molar-refractivity contribution in [2.45, 2.75) is 33.9 Å². The van der Waals surface area contributed by atoms with E-state index in [1.165, 1.54) is 11.1 Å². The summed E-state index contributed by atoms with van der Waals surface area (Å²) in [5.41, 5.74) is 6.40. The Hall–Kier alpha value is -3.03. The van der Waals surface area contributed by atoms with Crippen molar-refractivity contribution >= 4 is 5.91 Å². The van der Waals surface area contributed by atoms with Crippen LogP contribution in [0.2, 0.25) is 0 Å². The second kappa shape index (κ2) is 9.41. The molecule has 7 nitrogen and oxygen atoms in total. The highest BCUT2D eigenvalue weighted by atomic mass is 16.5. The van der Waals surface area contributed by atoms with E-state index in [4.69, 9.17) is 4.74 Å². The minimum Gasteiger partial charge on any atom is -0.379 e. The molecule has 2 aromatic carbocycles. The molecule has 1 amide bonds. The average molecular weight is 420 g/mol. The molecular formula is C24H29N5O2. The third-order valence-corrected chi connectivity index (χ3v) is 5.52. The maximum Gasteiger partial charge on any atom is 0.274 e. The largest absolute Gasteiger partial charge is 0.379 e. The van der Waals surface area contributed by atoms with Gasteiger partial charge >= 0.3 is 0 Å². The van der Waals surface area contributed by atoms with E-state index in [1.54, 1.807) is 4.80 Å². The van der Waals surface area contributed by atoms with Crippen molar-refractivity contribution in [1.82, 2.24) is 25.2 Å². The summed E-state index contributed by atoms with van der Waals surface area (Å²) in [5, 5.41) is 11.9.